The molecule has 12 heavy (non-hydrogen) atoms. The van der Waals surface area contributed by atoms with Gasteiger partial charge >= 0.3 is 0 Å². The Kier molecular flexibility index (Phi) is 4.96. The number of rotatable bonds is 3. The molecule has 0 unspecified atom stereocenters. The fourth-order valence-corrected chi connectivity index (χ4v) is 1.92. The third-order valence-electron chi connectivity index (χ3n) is 2.53. The Bertz CT molecular complexity index is 119. The van der Waals surface area contributed by atoms with Crippen molar-refractivity contribution in [1.29, 1.82) is 0 Å². The van der Waals surface area contributed by atoms with Crippen molar-refractivity contribution in [2.45, 2.75) is 13.3 Å². The Morgan fingerprint density at radius 1 is 1.08 bits per heavy atom. The minimum Gasteiger partial charge on any atom is -0.302 e. The largest absolute Gasteiger partial charge is 0.302 e. The van der Waals surface area contributed by atoms with Crippen molar-refractivity contribution in [2.75, 3.05) is 45.1 Å². The molecule has 1 aliphatic rings. The Morgan fingerprint density at radius 2 is 1.75 bits per heavy atom. The maximum atomic E-state index is 5.70. The average molecular weight is 191 g/mol. The number of nitrogens with zero attached hydrogens (tertiary/aromatic N) is 2. The number of alkyl halides is 1. The van der Waals surface area contributed by atoms with Gasteiger partial charge in [0.15, 0.2) is 0 Å². The molecule has 0 amide bonds. The van der Waals surface area contributed by atoms with E-state index < -0.39 is 0 Å². The van der Waals surface area contributed by atoms with Crippen LogP contribution >= 0.6 is 11.6 Å². The van der Waals surface area contributed by atoms with Crippen LogP contribution < -0.4 is 0 Å². The minimum atomic E-state index is 0.770. The fraction of sp³-hybridized carbons (Fsp3) is 1.00. The Labute approximate surface area is 80.5 Å². The Morgan fingerprint density at radius 3 is 2.42 bits per heavy atom. The van der Waals surface area contributed by atoms with Crippen molar-refractivity contribution in [1.82, 2.24) is 9.80 Å². The van der Waals surface area contributed by atoms with Gasteiger partial charge in [-0.05, 0) is 26.1 Å². The molecule has 0 aromatic heterocycles. The second-order valence-corrected chi connectivity index (χ2v) is 3.70. The van der Waals surface area contributed by atoms with Gasteiger partial charge in [0, 0.05) is 25.5 Å². The molecule has 0 radical (unpaired) electrons. The van der Waals surface area contributed by atoms with Crippen LogP contribution in [0.2, 0.25) is 0 Å². The zero-order valence-electron chi connectivity index (χ0n) is 7.93. The smallest absolute Gasteiger partial charge is 0.0351 e. The lowest BCUT2D eigenvalue weighted by atomic mass is 10.4. The number of hydrogen-bond donors (Lipinski definition) is 0. The molecule has 1 rings (SSSR count). The van der Waals surface area contributed by atoms with E-state index in [2.05, 4.69) is 16.7 Å². The molecular weight excluding hydrogens is 172 g/mol. The van der Waals surface area contributed by atoms with Crippen LogP contribution in [0.15, 0.2) is 0 Å². The Hall–Kier alpha value is 0.210. The predicted octanol–water partition coefficient (Wildman–Crippen LogP) is 1.25. The molecule has 1 saturated heterocycles. The first-order chi connectivity index (χ1) is 5.86. The molecule has 0 N–H and O–H groups in total. The van der Waals surface area contributed by atoms with E-state index in [1.807, 2.05) is 0 Å². The maximum absolute atomic E-state index is 5.70. The molecule has 0 aromatic carbocycles. The van der Waals surface area contributed by atoms with Crippen molar-refractivity contribution in [3.63, 3.8) is 0 Å². The van der Waals surface area contributed by atoms with Gasteiger partial charge < -0.3 is 9.80 Å². The van der Waals surface area contributed by atoms with Gasteiger partial charge in [0.05, 0.1) is 0 Å². The molecule has 0 saturated carbocycles. The molecule has 0 spiro atoms. The summed E-state index contributed by atoms with van der Waals surface area (Å²) in [6.07, 6.45) is 1.30. The highest BCUT2D eigenvalue weighted by Crippen LogP contribution is 2.02. The number of likely N-dealkylation sites (N-methyl/N-ethyl adjacent to an activating group) is 1. The molecule has 2 nitrogen and oxygen atoms in total. The molecule has 1 aliphatic heterocycles. The van der Waals surface area contributed by atoms with Gasteiger partial charge in [-0.25, -0.2) is 0 Å². The first-order valence-corrected chi connectivity index (χ1v) is 5.41. The zero-order valence-corrected chi connectivity index (χ0v) is 8.69. The van der Waals surface area contributed by atoms with Crippen LogP contribution in [-0.2, 0) is 0 Å². The van der Waals surface area contributed by atoms with E-state index in [0.717, 1.165) is 12.4 Å². The first-order valence-electron chi connectivity index (χ1n) is 4.87. The Balaban J connectivity index is 2.24. The lowest BCUT2D eigenvalue weighted by Gasteiger charge is -2.19. The van der Waals surface area contributed by atoms with Crippen LogP contribution in [0.3, 0.4) is 0 Å². The lowest BCUT2D eigenvalue weighted by Crippen LogP contribution is -2.31. The van der Waals surface area contributed by atoms with Crippen LogP contribution in [0.5, 0.6) is 0 Å². The standard InChI is InChI=1S/C9H19ClN2/c1-2-11-5-3-6-12(7-4-10)9-8-11/h2-9H2,1H3. The average Bonchev–Trinajstić information content (AvgIpc) is 2.31. The summed E-state index contributed by atoms with van der Waals surface area (Å²) in [5.74, 6) is 0.770. The number of hydrogen-bond acceptors (Lipinski definition) is 2. The van der Waals surface area contributed by atoms with E-state index in [-0.39, 0.29) is 0 Å². The van der Waals surface area contributed by atoms with E-state index in [1.165, 1.54) is 39.1 Å². The monoisotopic (exact) mass is 190 g/mol. The minimum absolute atomic E-state index is 0.770. The van der Waals surface area contributed by atoms with Crippen LogP contribution in [0.4, 0.5) is 0 Å². The molecule has 0 bridgehead atoms. The summed E-state index contributed by atoms with van der Waals surface area (Å²) in [5, 5.41) is 0. The summed E-state index contributed by atoms with van der Waals surface area (Å²) < 4.78 is 0. The van der Waals surface area contributed by atoms with Gasteiger partial charge in [-0.1, -0.05) is 6.92 Å². The van der Waals surface area contributed by atoms with Crippen molar-refractivity contribution in [3.05, 3.63) is 0 Å². The molecule has 1 fully saturated rings. The summed E-state index contributed by atoms with van der Waals surface area (Å²) in [7, 11) is 0. The van der Waals surface area contributed by atoms with Gasteiger partial charge in [0.25, 0.3) is 0 Å². The zero-order chi connectivity index (χ0) is 8.81. The molecule has 0 aliphatic carbocycles. The van der Waals surface area contributed by atoms with Gasteiger partial charge in [0.1, 0.15) is 0 Å². The van der Waals surface area contributed by atoms with Crippen molar-refractivity contribution >= 4 is 11.6 Å². The first kappa shape index (κ1) is 10.3. The summed E-state index contributed by atoms with van der Waals surface area (Å²) in [5.41, 5.74) is 0. The van der Waals surface area contributed by atoms with Crippen LogP contribution in [0.1, 0.15) is 13.3 Å². The van der Waals surface area contributed by atoms with Crippen LogP contribution in [0, 0.1) is 0 Å². The lowest BCUT2D eigenvalue weighted by molar-refractivity contribution is 0.272. The van der Waals surface area contributed by atoms with E-state index in [4.69, 9.17) is 11.6 Å². The molecule has 1 heterocycles. The molecule has 72 valence electrons. The summed E-state index contributed by atoms with van der Waals surface area (Å²) >= 11 is 5.70. The molecule has 0 aromatic rings. The van der Waals surface area contributed by atoms with Gasteiger partial charge in [-0.2, -0.15) is 0 Å². The second kappa shape index (κ2) is 5.79. The van der Waals surface area contributed by atoms with Crippen molar-refractivity contribution < 1.29 is 0 Å². The SMILES string of the molecule is CCN1CCCN(CCCl)CC1. The van der Waals surface area contributed by atoms with E-state index >= 15 is 0 Å². The third kappa shape index (κ3) is 3.30. The normalized spacial score (nSPS) is 22.5. The number of halogens is 1. The van der Waals surface area contributed by atoms with E-state index in [9.17, 15) is 0 Å². The predicted molar refractivity (Wildman–Crippen MR) is 53.9 cm³/mol. The van der Waals surface area contributed by atoms with E-state index in [0.29, 0.717) is 0 Å². The third-order valence-corrected chi connectivity index (χ3v) is 2.70. The van der Waals surface area contributed by atoms with Crippen LogP contribution in [0.25, 0.3) is 0 Å². The molecule has 0 atom stereocenters. The highest BCUT2D eigenvalue weighted by Gasteiger charge is 2.11. The summed E-state index contributed by atoms with van der Waals surface area (Å²) in [4.78, 5) is 4.97. The van der Waals surface area contributed by atoms with Gasteiger partial charge in [-0.15, -0.1) is 11.6 Å². The van der Waals surface area contributed by atoms with Gasteiger partial charge in [0.2, 0.25) is 0 Å². The highest BCUT2D eigenvalue weighted by molar-refractivity contribution is 6.18. The molecule has 3 heteroatoms. The van der Waals surface area contributed by atoms with Crippen molar-refractivity contribution in [2.24, 2.45) is 0 Å². The maximum Gasteiger partial charge on any atom is 0.0351 e. The topological polar surface area (TPSA) is 6.48 Å². The van der Waals surface area contributed by atoms with Crippen molar-refractivity contribution in [3.8, 4) is 0 Å². The highest BCUT2D eigenvalue weighted by atomic mass is 35.5. The van der Waals surface area contributed by atoms with E-state index in [1.54, 1.807) is 0 Å². The van der Waals surface area contributed by atoms with Gasteiger partial charge in [-0.3, -0.25) is 0 Å². The van der Waals surface area contributed by atoms with Crippen LogP contribution in [-0.4, -0.2) is 54.9 Å². The second-order valence-electron chi connectivity index (χ2n) is 3.32. The summed E-state index contributed by atoms with van der Waals surface area (Å²) in [6.45, 7) is 9.37. The summed E-state index contributed by atoms with van der Waals surface area (Å²) in [6, 6.07) is 0. The quantitative estimate of drug-likeness (QED) is 0.619. The molecular formula is C9H19ClN2. The fourth-order valence-electron chi connectivity index (χ4n) is 1.68.